The molecule has 4 nitrogen and oxygen atoms in total. The number of carbonyl (C=O) groups excluding carboxylic acids is 1. The molecule has 1 aliphatic rings. The van der Waals surface area contributed by atoms with Crippen molar-refractivity contribution >= 4 is 11.8 Å². The predicted molar refractivity (Wildman–Crippen MR) is 65.5 cm³/mol. The number of esters is 1. The molecule has 2 atom stereocenters. The van der Waals surface area contributed by atoms with Crippen LogP contribution in [-0.4, -0.2) is 17.1 Å². The SMILES string of the molecule is CC1CCCC(OC(=O)c2ccc(N)nc2)C1. The molecule has 2 rings (SSSR count). The van der Waals surface area contributed by atoms with E-state index in [1.807, 2.05) is 0 Å². The molecule has 1 fully saturated rings. The number of hydrogen-bond donors (Lipinski definition) is 1. The van der Waals surface area contributed by atoms with Gasteiger partial charge in [-0.3, -0.25) is 0 Å². The molecule has 2 unspecified atom stereocenters. The lowest BCUT2D eigenvalue weighted by atomic mass is 9.89. The van der Waals surface area contributed by atoms with Gasteiger partial charge in [-0.25, -0.2) is 9.78 Å². The molecule has 0 amide bonds. The number of hydrogen-bond acceptors (Lipinski definition) is 4. The topological polar surface area (TPSA) is 65.2 Å². The van der Waals surface area contributed by atoms with E-state index in [1.54, 1.807) is 12.1 Å². The van der Waals surface area contributed by atoms with E-state index in [0.29, 0.717) is 17.3 Å². The van der Waals surface area contributed by atoms with Gasteiger partial charge >= 0.3 is 5.97 Å². The maximum absolute atomic E-state index is 11.8. The second kappa shape index (κ2) is 5.17. The zero-order valence-corrected chi connectivity index (χ0v) is 10.1. The Labute approximate surface area is 101 Å². The summed E-state index contributed by atoms with van der Waals surface area (Å²) in [6, 6.07) is 3.26. The summed E-state index contributed by atoms with van der Waals surface area (Å²) in [5.41, 5.74) is 5.94. The fraction of sp³-hybridized carbons (Fsp3) is 0.538. The van der Waals surface area contributed by atoms with Crippen molar-refractivity contribution in [2.24, 2.45) is 5.92 Å². The molecule has 92 valence electrons. The minimum atomic E-state index is -0.295. The highest BCUT2D eigenvalue weighted by Gasteiger charge is 2.22. The van der Waals surface area contributed by atoms with Crippen LogP contribution in [0, 0.1) is 5.92 Å². The van der Waals surface area contributed by atoms with E-state index in [0.717, 1.165) is 19.3 Å². The molecule has 0 bridgehead atoms. The molecule has 0 radical (unpaired) electrons. The van der Waals surface area contributed by atoms with Crippen molar-refractivity contribution in [3.63, 3.8) is 0 Å². The Kier molecular flexibility index (Phi) is 3.61. The maximum atomic E-state index is 11.8. The lowest BCUT2D eigenvalue weighted by Gasteiger charge is -2.26. The van der Waals surface area contributed by atoms with Crippen LogP contribution in [0.25, 0.3) is 0 Å². The largest absolute Gasteiger partial charge is 0.459 e. The summed E-state index contributed by atoms with van der Waals surface area (Å²) < 4.78 is 5.47. The monoisotopic (exact) mass is 234 g/mol. The normalized spacial score (nSPS) is 24.3. The van der Waals surface area contributed by atoms with Gasteiger partial charge in [-0.2, -0.15) is 0 Å². The lowest BCUT2D eigenvalue weighted by molar-refractivity contribution is 0.0155. The van der Waals surface area contributed by atoms with E-state index in [2.05, 4.69) is 11.9 Å². The number of aromatic nitrogens is 1. The average Bonchev–Trinajstić information content (AvgIpc) is 2.29. The first-order valence-electron chi connectivity index (χ1n) is 6.07. The number of rotatable bonds is 2. The van der Waals surface area contributed by atoms with Gasteiger partial charge in [-0.15, -0.1) is 0 Å². The molecular formula is C13H18N2O2. The fourth-order valence-corrected chi connectivity index (χ4v) is 2.23. The first-order valence-corrected chi connectivity index (χ1v) is 6.07. The standard InChI is InChI=1S/C13H18N2O2/c1-9-3-2-4-11(7-9)17-13(16)10-5-6-12(14)15-8-10/h5-6,8-9,11H,2-4,7H2,1H3,(H2,14,15). The number of nitrogens with zero attached hydrogens (tertiary/aromatic N) is 1. The highest BCUT2D eigenvalue weighted by atomic mass is 16.5. The molecule has 0 spiro atoms. The number of carbonyl (C=O) groups is 1. The van der Waals surface area contributed by atoms with Crippen LogP contribution in [0.4, 0.5) is 5.82 Å². The molecule has 0 aromatic carbocycles. The van der Waals surface area contributed by atoms with Crippen LogP contribution in [0.3, 0.4) is 0 Å². The Hall–Kier alpha value is -1.58. The summed E-state index contributed by atoms with van der Waals surface area (Å²) in [4.78, 5) is 15.7. The fourth-order valence-electron chi connectivity index (χ4n) is 2.23. The van der Waals surface area contributed by atoms with E-state index >= 15 is 0 Å². The molecule has 2 N–H and O–H groups in total. The molecule has 1 aliphatic carbocycles. The Morgan fingerprint density at radius 2 is 2.29 bits per heavy atom. The molecule has 0 saturated heterocycles. The predicted octanol–water partition coefficient (Wildman–Crippen LogP) is 2.40. The number of nitrogen functional groups attached to an aromatic ring is 1. The van der Waals surface area contributed by atoms with E-state index in [9.17, 15) is 4.79 Å². The van der Waals surface area contributed by atoms with Crippen LogP contribution in [-0.2, 0) is 4.74 Å². The van der Waals surface area contributed by atoms with E-state index in [-0.39, 0.29) is 12.1 Å². The van der Waals surface area contributed by atoms with Crippen molar-refractivity contribution in [1.82, 2.24) is 4.98 Å². The van der Waals surface area contributed by atoms with Gasteiger partial charge in [-0.05, 0) is 37.3 Å². The van der Waals surface area contributed by atoms with Crippen LogP contribution in [0.15, 0.2) is 18.3 Å². The molecule has 4 heteroatoms. The molecule has 1 heterocycles. The van der Waals surface area contributed by atoms with Crippen molar-refractivity contribution in [2.45, 2.75) is 38.7 Å². The van der Waals surface area contributed by atoms with Gasteiger partial charge in [0.05, 0.1) is 5.56 Å². The zero-order chi connectivity index (χ0) is 12.3. The third kappa shape index (κ3) is 3.19. The molecule has 17 heavy (non-hydrogen) atoms. The van der Waals surface area contributed by atoms with Crippen LogP contribution >= 0.6 is 0 Å². The highest BCUT2D eigenvalue weighted by Crippen LogP contribution is 2.26. The lowest BCUT2D eigenvalue weighted by Crippen LogP contribution is -2.24. The number of anilines is 1. The van der Waals surface area contributed by atoms with Crippen LogP contribution in [0.2, 0.25) is 0 Å². The summed E-state index contributed by atoms with van der Waals surface area (Å²) in [7, 11) is 0. The van der Waals surface area contributed by atoms with Gasteiger partial charge in [0.25, 0.3) is 0 Å². The van der Waals surface area contributed by atoms with E-state index in [4.69, 9.17) is 10.5 Å². The Bertz CT molecular complexity index is 389. The van der Waals surface area contributed by atoms with Gasteiger partial charge in [0.2, 0.25) is 0 Å². The summed E-state index contributed by atoms with van der Waals surface area (Å²) in [6.07, 6.45) is 5.83. The number of pyridine rings is 1. The third-order valence-electron chi connectivity index (χ3n) is 3.18. The average molecular weight is 234 g/mol. The first-order chi connectivity index (χ1) is 8.15. The first kappa shape index (κ1) is 11.9. The summed E-state index contributed by atoms with van der Waals surface area (Å²) >= 11 is 0. The molecule has 1 aromatic heterocycles. The Balaban J connectivity index is 1.94. The van der Waals surface area contributed by atoms with Crippen molar-refractivity contribution in [3.8, 4) is 0 Å². The summed E-state index contributed by atoms with van der Waals surface area (Å²) in [6.45, 7) is 2.20. The van der Waals surface area contributed by atoms with E-state index < -0.39 is 0 Å². The maximum Gasteiger partial charge on any atom is 0.339 e. The van der Waals surface area contributed by atoms with Crippen LogP contribution in [0.1, 0.15) is 43.0 Å². The Morgan fingerprint density at radius 1 is 1.47 bits per heavy atom. The number of nitrogens with two attached hydrogens (primary N) is 1. The highest BCUT2D eigenvalue weighted by molar-refractivity contribution is 5.89. The molecular weight excluding hydrogens is 216 g/mol. The van der Waals surface area contributed by atoms with Crippen LogP contribution in [0.5, 0.6) is 0 Å². The molecule has 1 saturated carbocycles. The van der Waals surface area contributed by atoms with Crippen molar-refractivity contribution in [2.75, 3.05) is 5.73 Å². The van der Waals surface area contributed by atoms with Crippen molar-refractivity contribution in [3.05, 3.63) is 23.9 Å². The van der Waals surface area contributed by atoms with Crippen molar-refractivity contribution < 1.29 is 9.53 Å². The van der Waals surface area contributed by atoms with Gasteiger partial charge in [0.15, 0.2) is 0 Å². The summed E-state index contributed by atoms with van der Waals surface area (Å²) in [5, 5.41) is 0. The third-order valence-corrected chi connectivity index (χ3v) is 3.18. The summed E-state index contributed by atoms with van der Waals surface area (Å²) in [5.74, 6) is 0.760. The second-order valence-electron chi connectivity index (χ2n) is 4.77. The second-order valence-corrected chi connectivity index (χ2v) is 4.77. The Morgan fingerprint density at radius 3 is 2.94 bits per heavy atom. The minimum absolute atomic E-state index is 0.0591. The number of ether oxygens (including phenoxy) is 1. The van der Waals surface area contributed by atoms with Crippen molar-refractivity contribution in [1.29, 1.82) is 0 Å². The smallest absolute Gasteiger partial charge is 0.339 e. The van der Waals surface area contributed by atoms with Gasteiger partial charge in [0.1, 0.15) is 11.9 Å². The van der Waals surface area contributed by atoms with Gasteiger partial charge in [-0.1, -0.05) is 13.3 Å². The van der Waals surface area contributed by atoms with E-state index in [1.165, 1.54) is 12.6 Å². The van der Waals surface area contributed by atoms with Crippen LogP contribution < -0.4 is 5.73 Å². The zero-order valence-electron chi connectivity index (χ0n) is 10.1. The molecule has 1 aromatic rings. The minimum Gasteiger partial charge on any atom is -0.459 e. The van der Waals surface area contributed by atoms with Gasteiger partial charge in [0, 0.05) is 6.20 Å². The quantitative estimate of drug-likeness (QED) is 0.798. The molecule has 0 aliphatic heterocycles. The van der Waals surface area contributed by atoms with Gasteiger partial charge < -0.3 is 10.5 Å².